The molecule has 0 radical (unpaired) electrons. The van der Waals surface area contributed by atoms with Crippen molar-refractivity contribution in [3.63, 3.8) is 0 Å². The van der Waals surface area contributed by atoms with Crippen molar-refractivity contribution in [2.24, 2.45) is 0 Å². The van der Waals surface area contributed by atoms with E-state index in [1.807, 2.05) is 0 Å². The molecule has 1 heterocycles. The van der Waals surface area contributed by atoms with Crippen molar-refractivity contribution in [1.82, 2.24) is 9.21 Å². The van der Waals surface area contributed by atoms with E-state index in [4.69, 9.17) is 0 Å². The average molecular weight is 344 g/mol. The number of benzene rings is 1. The summed E-state index contributed by atoms with van der Waals surface area (Å²) in [7, 11) is -1.70. The van der Waals surface area contributed by atoms with Crippen LogP contribution in [0.5, 0.6) is 5.75 Å². The van der Waals surface area contributed by atoms with Gasteiger partial charge in [-0.05, 0) is 31.9 Å². The molecule has 8 heteroatoms. The second-order valence-corrected chi connectivity index (χ2v) is 7.92. The van der Waals surface area contributed by atoms with Crippen LogP contribution in [-0.2, 0) is 10.0 Å². The van der Waals surface area contributed by atoms with Crippen LogP contribution in [0, 0.1) is 5.82 Å². The molecule has 1 aromatic rings. The minimum absolute atomic E-state index is 0.0430. The van der Waals surface area contributed by atoms with E-state index in [2.05, 4.69) is 0 Å². The molecule has 23 heavy (non-hydrogen) atoms. The molecule has 1 fully saturated rings. The first-order valence-corrected chi connectivity index (χ1v) is 9.10. The number of likely N-dealkylation sites (tertiary alicyclic amines) is 1. The van der Waals surface area contributed by atoms with E-state index in [0.717, 1.165) is 6.07 Å². The minimum atomic E-state index is -3.26. The molecule has 0 aliphatic carbocycles. The molecule has 1 N–H and O–H groups in total. The van der Waals surface area contributed by atoms with Gasteiger partial charge in [-0.1, -0.05) is 0 Å². The summed E-state index contributed by atoms with van der Waals surface area (Å²) >= 11 is 0. The predicted octanol–water partition coefficient (Wildman–Crippen LogP) is 1.42. The molecule has 1 aromatic carbocycles. The Labute approximate surface area is 135 Å². The molecule has 6 nitrogen and oxygen atoms in total. The summed E-state index contributed by atoms with van der Waals surface area (Å²) in [6.07, 6.45) is 1.03. The fourth-order valence-electron chi connectivity index (χ4n) is 2.71. The normalized spacial score (nSPS) is 16.8. The van der Waals surface area contributed by atoms with Gasteiger partial charge in [0, 0.05) is 32.2 Å². The second kappa shape index (κ2) is 6.84. The first-order valence-electron chi connectivity index (χ1n) is 7.49. The zero-order valence-electron chi connectivity index (χ0n) is 13.2. The number of nitrogens with zero attached hydrogens (tertiary/aromatic N) is 2. The summed E-state index contributed by atoms with van der Waals surface area (Å²) in [5.74, 6) is -1.39. The van der Waals surface area contributed by atoms with Gasteiger partial charge in [0.25, 0.3) is 5.91 Å². The van der Waals surface area contributed by atoms with Crippen molar-refractivity contribution < 1.29 is 22.7 Å². The van der Waals surface area contributed by atoms with E-state index in [-0.39, 0.29) is 23.1 Å². The van der Waals surface area contributed by atoms with E-state index in [9.17, 15) is 22.7 Å². The largest absolute Gasteiger partial charge is 0.508 e. The maximum absolute atomic E-state index is 13.8. The van der Waals surface area contributed by atoms with Crippen LogP contribution in [0.2, 0.25) is 0 Å². The third-order valence-electron chi connectivity index (χ3n) is 4.25. The van der Waals surface area contributed by atoms with Crippen LogP contribution in [0.3, 0.4) is 0 Å². The van der Waals surface area contributed by atoms with Gasteiger partial charge in [-0.15, -0.1) is 0 Å². The highest BCUT2D eigenvalue weighted by Crippen LogP contribution is 2.22. The van der Waals surface area contributed by atoms with Crippen LogP contribution in [0.4, 0.5) is 4.39 Å². The SMILES string of the molecule is CCS(=O)(=O)N(C)C1CCN(C(=O)c2ccc(O)cc2F)CC1. The number of carbonyl (C=O) groups excluding carboxylic acids is 1. The minimum Gasteiger partial charge on any atom is -0.508 e. The molecule has 0 aromatic heterocycles. The maximum atomic E-state index is 13.8. The number of phenolic OH excluding ortho intramolecular Hbond substituents is 1. The molecular formula is C15H21FN2O4S. The molecule has 128 valence electrons. The van der Waals surface area contributed by atoms with Gasteiger partial charge in [0.1, 0.15) is 11.6 Å². The van der Waals surface area contributed by atoms with Crippen molar-refractivity contribution in [2.75, 3.05) is 25.9 Å². The summed E-state index contributed by atoms with van der Waals surface area (Å²) in [6.45, 7) is 2.33. The van der Waals surface area contributed by atoms with Crippen molar-refractivity contribution in [3.05, 3.63) is 29.6 Å². The quantitative estimate of drug-likeness (QED) is 0.896. The summed E-state index contributed by atoms with van der Waals surface area (Å²) in [5.41, 5.74) is -0.0872. The fraction of sp³-hybridized carbons (Fsp3) is 0.533. The Balaban J connectivity index is 2.03. The molecule has 1 aliphatic heterocycles. The smallest absolute Gasteiger partial charge is 0.256 e. The van der Waals surface area contributed by atoms with Crippen LogP contribution in [-0.4, -0.2) is 60.6 Å². The Morgan fingerprint density at radius 2 is 2.00 bits per heavy atom. The number of aromatic hydroxyl groups is 1. The zero-order chi connectivity index (χ0) is 17.2. The molecule has 2 rings (SSSR count). The van der Waals surface area contributed by atoms with E-state index in [1.54, 1.807) is 14.0 Å². The van der Waals surface area contributed by atoms with Gasteiger partial charge in [-0.2, -0.15) is 0 Å². The summed E-state index contributed by atoms with van der Waals surface area (Å²) in [4.78, 5) is 13.8. The standard InChI is InChI=1S/C15H21FN2O4S/c1-3-23(21,22)17(2)11-6-8-18(9-7-11)15(20)13-5-4-12(19)10-14(13)16/h4-5,10-11,19H,3,6-9H2,1-2H3. The van der Waals surface area contributed by atoms with Gasteiger partial charge >= 0.3 is 0 Å². The van der Waals surface area contributed by atoms with Gasteiger partial charge in [-0.25, -0.2) is 17.1 Å². The maximum Gasteiger partial charge on any atom is 0.256 e. The number of hydrogen-bond acceptors (Lipinski definition) is 4. The molecule has 0 spiro atoms. The average Bonchev–Trinajstić information content (AvgIpc) is 2.53. The Hall–Kier alpha value is -1.67. The number of piperidine rings is 1. The van der Waals surface area contributed by atoms with E-state index < -0.39 is 21.7 Å². The number of sulfonamides is 1. The van der Waals surface area contributed by atoms with Gasteiger partial charge < -0.3 is 10.0 Å². The molecule has 0 unspecified atom stereocenters. The molecule has 1 saturated heterocycles. The van der Waals surface area contributed by atoms with Gasteiger partial charge in [0.15, 0.2) is 0 Å². The molecule has 0 atom stereocenters. The van der Waals surface area contributed by atoms with Crippen molar-refractivity contribution in [1.29, 1.82) is 0 Å². The molecule has 0 saturated carbocycles. The first-order chi connectivity index (χ1) is 10.8. The lowest BCUT2D eigenvalue weighted by molar-refractivity contribution is 0.0681. The predicted molar refractivity (Wildman–Crippen MR) is 84.2 cm³/mol. The summed E-state index contributed by atoms with van der Waals surface area (Å²) in [6, 6.07) is 3.28. The number of carbonyl (C=O) groups is 1. The number of halogens is 1. The number of hydrogen-bond donors (Lipinski definition) is 1. The highest BCUT2D eigenvalue weighted by atomic mass is 32.2. The van der Waals surface area contributed by atoms with Crippen molar-refractivity contribution in [3.8, 4) is 5.75 Å². The highest BCUT2D eigenvalue weighted by molar-refractivity contribution is 7.89. The Kier molecular flexibility index (Phi) is 5.26. The topological polar surface area (TPSA) is 77.9 Å². The van der Waals surface area contributed by atoms with E-state index in [1.165, 1.54) is 21.3 Å². The van der Waals surface area contributed by atoms with Crippen molar-refractivity contribution >= 4 is 15.9 Å². The number of amides is 1. The number of phenols is 1. The summed E-state index contributed by atoms with van der Waals surface area (Å²) < 4.78 is 38.9. The third kappa shape index (κ3) is 3.81. The van der Waals surface area contributed by atoms with E-state index in [0.29, 0.717) is 25.9 Å². The second-order valence-electron chi connectivity index (χ2n) is 5.60. The highest BCUT2D eigenvalue weighted by Gasteiger charge is 2.31. The van der Waals surface area contributed by atoms with Crippen LogP contribution < -0.4 is 0 Å². The number of rotatable bonds is 4. The Morgan fingerprint density at radius 3 is 2.52 bits per heavy atom. The van der Waals surface area contributed by atoms with Gasteiger partial charge in [0.05, 0.1) is 11.3 Å². The Bertz CT molecular complexity index is 685. The van der Waals surface area contributed by atoms with Gasteiger partial charge in [-0.3, -0.25) is 4.79 Å². The molecule has 0 bridgehead atoms. The van der Waals surface area contributed by atoms with Crippen LogP contribution in [0.1, 0.15) is 30.1 Å². The first kappa shape index (κ1) is 17.7. The molecule has 1 aliphatic rings. The third-order valence-corrected chi connectivity index (χ3v) is 6.16. The van der Waals surface area contributed by atoms with Crippen LogP contribution in [0.15, 0.2) is 18.2 Å². The van der Waals surface area contributed by atoms with Crippen molar-refractivity contribution in [2.45, 2.75) is 25.8 Å². The van der Waals surface area contributed by atoms with Crippen LogP contribution >= 0.6 is 0 Å². The van der Waals surface area contributed by atoms with Crippen LogP contribution in [0.25, 0.3) is 0 Å². The van der Waals surface area contributed by atoms with Gasteiger partial charge in [0.2, 0.25) is 10.0 Å². The fourth-order valence-corrected chi connectivity index (χ4v) is 3.78. The summed E-state index contributed by atoms with van der Waals surface area (Å²) in [5, 5.41) is 9.20. The Morgan fingerprint density at radius 1 is 1.39 bits per heavy atom. The molecular weight excluding hydrogens is 323 g/mol. The van der Waals surface area contributed by atoms with E-state index >= 15 is 0 Å². The molecule has 1 amide bonds. The zero-order valence-corrected chi connectivity index (χ0v) is 14.0. The monoisotopic (exact) mass is 344 g/mol. The lowest BCUT2D eigenvalue weighted by Gasteiger charge is -2.36. The lowest BCUT2D eigenvalue weighted by atomic mass is 10.0. The lowest BCUT2D eigenvalue weighted by Crippen LogP contribution is -2.47.